The summed E-state index contributed by atoms with van der Waals surface area (Å²) in [6, 6.07) is 0. The Morgan fingerprint density at radius 3 is 1.94 bits per heavy atom. The zero-order valence-electron chi connectivity index (χ0n) is 12.6. The lowest BCUT2D eigenvalue weighted by Gasteiger charge is -2.26. The maximum atomic E-state index is 11.0. The highest BCUT2D eigenvalue weighted by Crippen LogP contribution is 2.30. The van der Waals surface area contributed by atoms with E-state index in [4.69, 9.17) is 5.11 Å². The molecule has 0 rings (SSSR count). The highest BCUT2D eigenvalue weighted by molar-refractivity contribution is 5.67. The number of carboxylic acid groups (broad SMARTS) is 1. The molecule has 1 N–H and O–H groups in total. The van der Waals surface area contributed by atoms with Gasteiger partial charge in [0.05, 0.1) is 0 Å². The number of aliphatic carboxylic acids is 1. The molecule has 0 aromatic heterocycles. The molecule has 18 heavy (non-hydrogen) atoms. The van der Waals surface area contributed by atoms with E-state index in [-0.39, 0.29) is 0 Å². The van der Waals surface area contributed by atoms with Gasteiger partial charge in [-0.3, -0.25) is 4.79 Å². The molecule has 0 aliphatic heterocycles. The van der Waals surface area contributed by atoms with Crippen LogP contribution in [0.2, 0.25) is 0 Å². The Bertz CT molecular complexity index is 201. The minimum Gasteiger partial charge on any atom is -0.481 e. The van der Waals surface area contributed by atoms with Crippen LogP contribution in [0.15, 0.2) is 0 Å². The molecule has 0 bridgehead atoms. The number of rotatable bonds is 12. The fourth-order valence-corrected chi connectivity index (χ4v) is 2.84. The molecule has 0 saturated carbocycles. The molecule has 0 radical (unpaired) electrons. The van der Waals surface area contributed by atoms with Crippen molar-refractivity contribution in [3.05, 3.63) is 0 Å². The van der Waals surface area contributed by atoms with Crippen molar-refractivity contribution in [1.29, 1.82) is 0 Å². The summed E-state index contributed by atoms with van der Waals surface area (Å²) in [6.45, 7) is 6.63. The Morgan fingerprint density at radius 2 is 1.44 bits per heavy atom. The Hall–Kier alpha value is -0.530. The molecule has 0 heterocycles. The highest BCUT2D eigenvalue weighted by atomic mass is 16.4. The van der Waals surface area contributed by atoms with Crippen molar-refractivity contribution in [3.8, 4) is 0 Å². The molecule has 2 atom stereocenters. The van der Waals surface area contributed by atoms with E-state index in [1.165, 1.54) is 51.4 Å². The van der Waals surface area contributed by atoms with Crippen LogP contribution in [-0.2, 0) is 4.79 Å². The molecule has 0 fully saturated rings. The number of hydrogen-bond donors (Lipinski definition) is 1. The maximum absolute atomic E-state index is 11.0. The molecular formula is C16H32O2. The lowest BCUT2D eigenvalue weighted by Crippen LogP contribution is -2.19. The van der Waals surface area contributed by atoms with E-state index in [1.54, 1.807) is 0 Å². The quantitative estimate of drug-likeness (QED) is 0.483. The lowest BCUT2D eigenvalue weighted by atomic mass is 9.79. The van der Waals surface area contributed by atoms with Crippen molar-refractivity contribution in [2.75, 3.05) is 0 Å². The molecule has 108 valence electrons. The topological polar surface area (TPSA) is 37.3 Å². The molecule has 2 heteroatoms. The van der Waals surface area contributed by atoms with E-state index in [1.807, 2.05) is 0 Å². The van der Waals surface area contributed by atoms with Crippen LogP contribution in [0, 0.1) is 11.8 Å². The van der Waals surface area contributed by atoms with E-state index in [2.05, 4.69) is 20.8 Å². The predicted octanol–water partition coefficient (Wildman–Crippen LogP) is 5.26. The third-order valence-electron chi connectivity index (χ3n) is 3.87. The second-order valence-electron chi connectivity index (χ2n) is 5.54. The van der Waals surface area contributed by atoms with Gasteiger partial charge in [0.25, 0.3) is 0 Å². The fourth-order valence-electron chi connectivity index (χ4n) is 2.84. The maximum Gasteiger partial charge on any atom is 0.303 e. The molecule has 0 aromatic carbocycles. The van der Waals surface area contributed by atoms with Crippen LogP contribution in [0.1, 0.15) is 85.0 Å². The molecule has 2 unspecified atom stereocenters. The Balaban J connectivity index is 4.36. The number of carbonyl (C=O) groups is 1. The van der Waals surface area contributed by atoms with Gasteiger partial charge < -0.3 is 5.11 Å². The molecule has 0 saturated heterocycles. The predicted molar refractivity (Wildman–Crippen MR) is 77.8 cm³/mol. The van der Waals surface area contributed by atoms with Crippen LogP contribution < -0.4 is 0 Å². The molecular weight excluding hydrogens is 224 g/mol. The van der Waals surface area contributed by atoms with Crippen LogP contribution in [0.25, 0.3) is 0 Å². The summed E-state index contributed by atoms with van der Waals surface area (Å²) in [5, 5.41) is 9.08. The average molecular weight is 256 g/mol. The molecule has 0 aliphatic rings. The van der Waals surface area contributed by atoms with Gasteiger partial charge in [0, 0.05) is 6.42 Å². The first-order valence-electron chi connectivity index (χ1n) is 7.87. The first-order chi connectivity index (χ1) is 8.65. The van der Waals surface area contributed by atoms with Gasteiger partial charge >= 0.3 is 5.97 Å². The summed E-state index contributed by atoms with van der Waals surface area (Å²) in [5.41, 5.74) is 0. The van der Waals surface area contributed by atoms with Gasteiger partial charge in [0.15, 0.2) is 0 Å². The van der Waals surface area contributed by atoms with Crippen molar-refractivity contribution >= 4 is 5.97 Å². The van der Waals surface area contributed by atoms with E-state index < -0.39 is 5.97 Å². The number of unbranched alkanes of at least 4 members (excludes halogenated alkanes) is 3. The summed E-state index contributed by atoms with van der Waals surface area (Å²) < 4.78 is 0. The van der Waals surface area contributed by atoms with Crippen LogP contribution in [0.4, 0.5) is 0 Å². The summed E-state index contributed by atoms with van der Waals surface area (Å²) in [5.74, 6) is 0.414. The smallest absolute Gasteiger partial charge is 0.303 e. The normalized spacial score (nSPS) is 14.4. The van der Waals surface area contributed by atoms with E-state index in [0.29, 0.717) is 18.3 Å². The van der Waals surface area contributed by atoms with Gasteiger partial charge in [0.1, 0.15) is 0 Å². The monoisotopic (exact) mass is 256 g/mol. The van der Waals surface area contributed by atoms with Crippen LogP contribution in [-0.4, -0.2) is 11.1 Å². The van der Waals surface area contributed by atoms with Gasteiger partial charge in [-0.15, -0.1) is 0 Å². The lowest BCUT2D eigenvalue weighted by molar-refractivity contribution is -0.138. The molecule has 0 amide bonds. The van der Waals surface area contributed by atoms with Crippen molar-refractivity contribution < 1.29 is 9.90 Å². The highest BCUT2D eigenvalue weighted by Gasteiger charge is 2.22. The first-order valence-corrected chi connectivity index (χ1v) is 7.87. The minimum atomic E-state index is -0.617. The van der Waals surface area contributed by atoms with Crippen molar-refractivity contribution in [2.45, 2.75) is 85.0 Å². The van der Waals surface area contributed by atoms with Crippen LogP contribution >= 0.6 is 0 Å². The summed E-state index contributed by atoms with van der Waals surface area (Å²) >= 11 is 0. The zero-order valence-corrected chi connectivity index (χ0v) is 12.6. The zero-order chi connectivity index (χ0) is 13.8. The average Bonchev–Trinajstić information content (AvgIpc) is 2.33. The first kappa shape index (κ1) is 17.5. The number of hydrogen-bond acceptors (Lipinski definition) is 1. The Kier molecular flexibility index (Phi) is 11.2. The third kappa shape index (κ3) is 8.54. The third-order valence-corrected chi connectivity index (χ3v) is 3.87. The van der Waals surface area contributed by atoms with Crippen molar-refractivity contribution in [1.82, 2.24) is 0 Å². The standard InChI is InChI=1S/C16H32O2/c1-4-7-9-12-15(13-16(17)18)14(10-6-3)11-8-5-2/h14-15H,4-13H2,1-3H3,(H,17,18). The molecule has 0 aromatic rings. The van der Waals surface area contributed by atoms with E-state index in [9.17, 15) is 4.79 Å². The van der Waals surface area contributed by atoms with Crippen molar-refractivity contribution in [3.63, 3.8) is 0 Å². The Labute approximate surface area is 113 Å². The molecule has 2 nitrogen and oxygen atoms in total. The molecule has 0 aliphatic carbocycles. The largest absolute Gasteiger partial charge is 0.481 e. The second kappa shape index (κ2) is 11.6. The van der Waals surface area contributed by atoms with E-state index >= 15 is 0 Å². The summed E-state index contributed by atoms with van der Waals surface area (Å²) in [4.78, 5) is 11.0. The second-order valence-corrected chi connectivity index (χ2v) is 5.54. The van der Waals surface area contributed by atoms with Crippen LogP contribution in [0.5, 0.6) is 0 Å². The fraction of sp³-hybridized carbons (Fsp3) is 0.938. The Morgan fingerprint density at radius 1 is 0.833 bits per heavy atom. The number of carboxylic acids is 1. The molecule has 0 spiro atoms. The minimum absolute atomic E-state index is 0.373. The van der Waals surface area contributed by atoms with Gasteiger partial charge in [-0.1, -0.05) is 72.1 Å². The van der Waals surface area contributed by atoms with Gasteiger partial charge in [0.2, 0.25) is 0 Å². The van der Waals surface area contributed by atoms with Crippen LogP contribution in [0.3, 0.4) is 0 Å². The van der Waals surface area contributed by atoms with Gasteiger partial charge in [-0.05, 0) is 18.3 Å². The van der Waals surface area contributed by atoms with E-state index in [0.717, 1.165) is 6.42 Å². The summed E-state index contributed by atoms with van der Waals surface area (Å²) in [7, 11) is 0. The summed E-state index contributed by atoms with van der Waals surface area (Å²) in [6.07, 6.45) is 11.2. The SMILES string of the molecule is CCCCCC(CC(=O)O)C(CCC)CCCC. The van der Waals surface area contributed by atoms with Gasteiger partial charge in [-0.25, -0.2) is 0 Å². The van der Waals surface area contributed by atoms with Gasteiger partial charge in [-0.2, -0.15) is 0 Å². The van der Waals surface area contributed by atoms with Crippen molar-refractivity contribution in [2.24, 2.45) is 11.8 Å².